The second-order valence-corrected chi connectivity index (χ2v) is 6.16. The molecule has 0 spiro atoms. The minimum Gasteiger partial charge on any atom is -0.379 e. The van der Waals surface area contributed by atoms with Gasteiger partial charge in [0.25, 0.3) is 5.91 Å². The van der Waals surface area contributed by atoms with E-state index < -0.39 is 17.5 Å². The van der Waals surface area contributed by atoms with Crippen LogP contribution in [0.1, 0.15) is 16.8 Å². The molecule has 8 heteroatoms. The number of carbonyl (C=O) groups excluding carboxylic acids is 2. The monoisotopic (exact) mass is 353 g/mol. The van der Waals surface area contributed by atoms with Gasteiger partial charge < -0.3 is 15.0 Å². The number of amides is 2. The van der Waals surface area contributed by atoms with Crippen LogP contribution >= 0.6 is 0 Å². The van der Waals surface area contributed by atoms with E-state index in [1.54, 1.807) is 4.90 Å². The minimum atomic E-state index is -0.901. The van der Waals surface area contributed by atoms with Crippen LogP contribution in [-0.2, 0) is 9.53 Å². The van der Waals surface area contributed by atoms with Crippen molar-refractivity contribution in [2.24, 2.45) is 0 Å². The molecule has 2 heterocycles. The third-order valence-corrected chi connectivity index (χ3v) is 4.60. The third kappa shape index (κ3) is 4.13. The molecular weight excluding hydrogens is 332 g/mol. The average Bonchev–Trinajstić information content (AvgIpc) is 2.96. The summed E-state index contributed by atoms with van der Waals surface area (Å²) in [6, 6.07) is 2.70. The smallest absolute Gasteiger partial charge is 0.254 e. The molecule has 1 unspecified atom stereocenters. The van der Waals surface area contributed by atoms with Crippen LogP contribution in [-0.4, -0.2) is 73.6 Å². The zero-order valence-corrected chi connectivity index (χ0v) is 13.8. The van der Waals surface area contributed by atoms with Gasteiger partial charge in [-0.15, -0.1) is 0 Å². The number of morpholine rings is 1. The SMILES string of the molecule is O=C(NCCN1CCC(N2CCOCC2)C1=O)c1ccc(F)cc1F. The van der Waals surface area contributed by atoms with Crippen molar-refractivity contribution in [1.29, 1.82) is 0 Å². The van der Waals surface area contributed by atoms with Crippen molar-refractivity contribution >= 4 is 11.8 Å². The summed E-state index contributed by atoms with van der Waals surface area (Å²) < 4.78 is 31.7. The van der Waals surface area contributed by atoms with E-state index in [2.05, 4.69) is 10.2 Å². The minimum absolute atomic E-state index is 0.0594. The van der Waals surface area contributed by atoms with Gasteiger partial charge >= 0.3 is 0 Å². The molecule has 2 fully saturated rings. The molecule has 1 aromatic rings. The molecule has 0 radical (unpaired) electrons. The number of benzene rings is 1. The molecule has 0 aliphatic carbocycles. The summed E-state index contributed by atoms with van der Waals surface area (Å²) in [5.74, 6) is -2.19. The summed E-state index contributed by atoms with van der Waals surface area (Å²) in [5.41, 5.74) is -0.208. The van der Waals surface area contributed by atoms with Crippen molar-refractivity contribution in [3.8, 4) is 0 Å². The zero-order valence-electron chi connectivity index (χ0n) is 13.8. The number of hydrogen-bond acceptors (Lipinski definition) is 4. The normalized spacial score (nSPS) is 21.6. The van der Waals surface area contributed by atoms with Gasteiger partial charge in [-0.1, -0.05) is 0 Å². The predicted octanol–water partition coefficient (Wildman–Crippen LogP) is 0.628. The van der Waals surface area contributed by atoms with E-state index in [9.17, 15) is 18.4 Å². The molecule has 1 atom stereocenters. The van der Waals surface area contributed by atoms with E-state index in [0.29, 0.717) is 32.4 Å². The summed E-state index contributed by atoms with van der Waals surface area (Å²) >= 11 is 0. The Bertz CT molecular complexity index is 650. The molecule has 6 nitrogen and oxygen atoms in total. The van der Waals surface area contributed by atoms with E-state index in [1.807, 2.05) is 0 Å². The van der Waals surface area contributed by atoms with Crippen molar-refractivity contribution in [2.75, 3.05) is 45.9 Å². The topological polar surface area (TPSA) is 61.9 Å². The van der Waals surface area contributed by atoms with Gasteiger partial charge in [0.15, 0.2) is 0 Å². The molecule has 1 aromatic carbocycles. The Morgan fingerprint density at radius 1 is 1.24 bits per heavy atom. The predicted molar refractivity (Wildman–Crippen MR) is 86.1 cm³/mol. The Morgan fingerprint density at radius 3 is 2.72 bits per heavy atom. The van der Waals surface area contributed by atoms with Crippen LogP contribution in [0, 0.1) is 11.6 Å². The molecule has 2 aliphatic heterocycles. The third-order valence-electron chi connectivity index (χ3n) is 4.60. The Hall–Kier alpha value is -2.06. The van der Waals surface area contributed by atoms with Crippen LogP contribution in [0.3, 0.4) is 0 Å². The summed E-state index contributed by atoms with van der Waals surface area (Å²) in [7, 11) is 0. The first-order chi connectivity index (χ1) is 12.1. The lowest BCUT2D eigenvalue weighted by atomic mass is 10.2. The van der Waals surface area contributed by atoms with Crippen LogP contribution in [0.2, 0.25) is 0 Å². The van der Waals surface area contributed by atoms with Crippen LogP contribution in [0.25, 0.3) is 0 Å². The van der Waals surface area contributed by atoms with Crippen molar-refractivity contribution in [3.05, 3.63) is 35.4 Å². The van der Waals surface area contributed by atoms with Crippen LogP contribution in [0.4, 0.5) is 8.78 Å². The molecule has 0 aromatic heterocycles. The lowest BCUT2D eigenvalue weighted by Crippen LogP contribution is -2.48. The Morgan fingerprint density at radius 2 is 2.00 bits per heavy atom. The van der Waals surface area contributed by atoms with Gasteiger partial charge in [-0.25, -0.2) is 8.78 Å². The fourth-order valence-corrected chi connectivity index (χ4v) is 3.25. The molecule has 3 rings (SSSR count). The van der Waals surface area contributed by atoms with Gasteiger partial charge in [0.05, 0.1) is 24.8 Å². The van der Waals surface area contributed by atoms with Gasteiger partial charge in [0.2, 0.25) is 5.91 Å². The lowest BCUT2D eigenvalue weighted by Gasteiger charge is -2.31. The quantitative estimate of drug-likeness (QED) is 0.843. The largest absolute Gasteiger partial charge is 0.379 e. The number of halogens is 2. The summed E-state index contributed by atoms with van der Waals surface area (Å²) in [6.07, 6.45) is 0.763. The summed E-state index contributed by atoms with van der Waals surface area (Å²) in [6.45, 7) is 4.02. The average molecular weight is 353 g/mol. The van der Waals surface area contributed by atoms with Crippen molar-refractivity contribution < 1.29 is 23.1 Å². The molecule has 2 saturated heterocycles. The van der Waals surface area contributed by atoms with Crippen molar-refractivity contribution in [2.45, 2.75) is 12.5 Å². The van der Waals surface area contributed by atoms with Crippen LogP contribution < -0.4 is 5.32 Å². The number of carbonyl (C=O) groups is 2. The molecule has 136 valence electrons. The first-order valence-electron chi connectivity index (χ1n) is 8.40. The summed E-state index contributed by atoms with van der Waals surface area (Å²) in [5, 5.41) is 2.57. The highest BCUT2D eigenvalue weighted by Gasteiger charge is 2.36. The van der Waals surface area contributed by atoms with E-state index in [4.69, 9.17) is 4.74 Å². The van der Waals surface area contributed by atoms with Crippen LogP contribution in [0.5, 0.6) is 0 Å². The number of nitrogens with one attached hydrogen (secondary N) is 1. The van der Waals surface area contributed by atoms with Gasteiger partial charge in [-0.2, -0.15) is 0 Å². The number of likely N-dealkylation sites (tertiary alicyclic amines) is 1. The van der Waals surface area contributed by atoms with E-state index >= 15 is 0 Å². The van der Waals surface area contributed by atoms with E-state index in [0.717, 1.165) is 31.6 Å². The first-order valence-corrected chi connectivity index (χ1v) is 8.40. The second kappa shape index (κ2) is 7.88. The van der Waals surface area contributed by atoms with Gasteiger partial charge in [0, 0.05) is 38.8 Å². The molecule has 1 N–H and O–H groups in total. The first kappa shape index (κ1) is 17.8. The van der Waals surface area contributed by atoms with E-state index in [-0.39, 0.29) is 24.1 Å². The molecule has 2 aliphatic rings. The molecule has 25 heavy (non-hydrogen) atoms. The molecular formula is C17H21F2N3O3. The number of hydrogen-bond donors (Lipinski definition) is 1. The number of nitrogens with zero attached hydrogens (tertiary/aromatic N) is 2. The Labute approximate surface area is 144 Å². The second-order valence-electron chi connectivity index (χ2n) is 6.16. The maximum absolute atomic E-state index is 13.6. The summed E-state index contributed by atoms with van der Waals surface area (Å²) in [4.78, 5) is 28.3. The number of rotatable bonds is 5. The van der Waals surface area contributed by atoms with Gasteiger partial charge in [0.1, 0.15) is 11.6 Å². The lowest BCUT2D eigenvalue weighted by molar-refractivity contribution is -0.133. The van der Waals surface area contributed by atoms with Crippen molar-refractivity contribution in [1.82, 2.24) is 15.1 Å². The fourth-order valence-electron chi connectivity index (χ4n) is 3.25. The maximum Gasteiger partial charge on any atom is 0.254 e. The molecule has 2 amide bonds. The fraction of sp³-hybridized carbons (Fsp3) is 0.529. The highest BCUT2D eigenvalue weighted by molar-refractivity contribution is 5.94. The van der Waals surface area contributed by atoms with Gasteiger partial charge in [-0.05, 0) is 18.6 Å². The maximum atomic E-state index is 13.6. The van der Waals surface area contributed by atoms with Crippen molar-refractivity contribution in [3.63, 3.8) is 0 Å². The Kier molecular flexibility index (Phi) is 5.60. The molecule has 0 bridgehead atoms. The Balaban J connectivity index is 1.47. The highest BCUT2D eigenvalue weighted by Crippen LogP contribution is 2.18. The standard InChI is InChI=1S/C17H21F2N3O3/c18-12-1-2-13(14(19)11-12)16(23)20-4-6-22-5-3-15(17(22)24)21-7-9-25-10-8-21/h1-2,11,15H,3-10H2,(H,20,23). The van der Waals surface area contributed by atoms with Crippen LogP contribution in [0.15, 0.2) is 18.2 Å². The zero-order chi connectivity index (χ0) is 17.8. The number of ether oxygens (including phenoxy) is 1. The molecule has 0 saturated carbocycles. The highest BCUT2D eigenvalue weighted by atomic mass is 19.1. The van der Waals surface area contributed by atoms with Gasteiger partial charge in [-0.3, -0.25) is 14.5 Å². The van der Waals surface area contributed by atoms with E-state index in [1.165, 1.54) is 0 Å².